The van der Waals surface area contributed by atoms with Crippen LogP contribution in [0.15, 0.2) is 41.3 Å². The summed E-state index contributed by atoms with van der Waals surface area (Å²) in [4.78, 5) is 16.0. The number of halogens is 1. The number of carbonyl (C=O) groups excluding carboxylic acids is 1. The number of nitrogens with zero attached hydrogens (tertiary/aromatic N) is 1. The van der Waals surface area contributed by atoms with E-state index in [4.69, 9.17) is 11.6 Å². The Hall–Kier alpha value is -2.35. The number of hydrogen-bond acceptors (Lipinski definition) is 3. The van der Waals surface area contributed by atoms with Gasteiger partial charge in [0, 0.05) is 34.4 Å². The average Bonchev–Trinajstić information content (AvgIpc) is 3.08. The largest absolute Gasteiger partial charge is 0.358 e. The van der Waals surface area contributed by atoms with Gasteiger partial charge < -0.3 is 10.3 Å². The van der Waals surface area contributed by atoms with Crippen LogP contribution in [-0.2, 0) is 27.7 Å². The molecular weight excluding hydrogens is 422 g/mol. The molecule has 0 saturated heterocycles. The Bertz CT molecular complexity index is 1230. The predicted molar refractivity (Wildman–Crippen MR) is 120 cm³/mol. The number of rotatable bonds is 5. The maximum atomic E-state index is 13.1. The fraction of sp³-hybridized carbons (Fsp3) is 0.318. The second kappa shape index (κ2) is 8.06. The zero-order valence-electron chi connectivity index (χ0n) is 17.0. The first-order valence-corrected chi connectivity index (χ1v) is 11.7. The number of nitrogens with one attached hydrogen (secondary N) is 2. The maximum Gasteiger partial charge on any atom is 0.243 e. The van der Waals surface area contributed by atoms with E-state index >= 15 is 0 Å². The van der Waals surface area contributed by atoms with E-state index in [1.165, 1.54) is 18.3 Å². The second-order valence-corrected chi connectivity index (χ2v) is 10.2. The minimum Gasteiger partial charge on any atom is -0.358 e. The Labute approximate surface area is 181 Å². The molecule has 2 aromatic carbocycles. The molecule has 1 amide bonds. The lowest BCUT2D eigenvalue weighted by molar-refractivity contribution is -0.116. The lowest BCUT2D eigenvalue weighted by Gasteiger charge is -2.17. The van der Waals surface area contributed by atoms with Crippen LogP contribution < -0.4 is 5.32 Å². The number of amides is 1. The molecule has 0 radical (unpaired) electrons. The van der Waals surface area contributed by atoms with Crippen molar-refractivity contribution in [3.63, 3.8) is 0 Å². The fourth-order valence-corrected chi connectivity index (χ4v) is 5.22. The van der Waals surface area contributed by atoms with Crippen molar-refractivity contribution in [2.24, 2.45) is 0 Å². The first-order chi connectivity index (χ1) is 14.3. The Morgan fingerprint density at radius 1 is 1.17 bits per heavy atom. The Morgan fingerprint density at radius 3 is 2.70 bits per heavy atom. The smallest absolute Gasteiger partial charge is 0.243 e. The van der Waals surface area contributed by atoms with Gasteiger partial charge in [-0.05, 0) is 74.1 Å². The van der Waals surface area contributed by atoms with Crippen LogP contribution in [0.5, 0.6) is 0 Å². The molecule has 1 aromatic heterocycles. The zero-order valence-corrected chi connectivity index (χ0v) is 18.5. The number of aromatic amines is 1. The van der Waals surface area contributed by atoms with Gasteiger partial charge in [-0.3, -0.25) is 4.79 Å². The Balaban J connectivity index is 1.53. The van der Waals surface area contributed by atoms with E-state index in [0.29, 0.717) is 10.7 Å². The van der Waals surface area contributed by atoms with Crippen LogP contribution >= 0.6 is 11.6 Å². The molecule has 4 rings (SSSR count). The molecule has 0 spiro atoms. The summed E-state index contributed by atoms with van der Waals surface area (Å²) in [7, 11) is -2.39. The van der Waals surface area contributed by atoms with Crippen molar-refractivity contribution in [1.29, 1.82) is 0 Å². The van der Waals surface area contributed by atoms with E-state index in [1.54, 1.807) is 30.3 Å². The Morgan fingerprint density at radius 2 is 1.93 bits per heavy atom. The summed E-state index contributed by atoms with van der Waals surface area (Å²) in [5.74, 6) is -0.430. The SMILES string of the molecule is Cc1ccc(NC(=O)CN(C)S(=O)(=O)c2ccc3[nH]c4c(c3c2)CCCC4)cc1Cl. The highest BCUT2D eigenvalue weighted by atomic mass is 35.5. The first-order valence-electron chi connectivity index (χ1n) is 9.91. The first kappa shape index (κ1) is 20.9. The van der Waals surface area contributed by atoms with Crippen molar-refractivity contribution < 1.29 is 13.2 Å². The van der Waals surface area contributed by atoms with Gasteiger partial charge in [-0.15, -0.1) is 0 Å². The number of H-pyrrole nitrogens is 1. The van der Waals surface area contributed by atoms with Gasteiger partial charge >= 0.3 is 0 Å². The number of aromatic nitrogens is 1. The molecule has 1 heterocycles. The van der Waals surface area contributed by atoms with Crippen molar-refractivity contribution in [2.45, 2.75) is 37.5 Å². The number of aryl methyl sites for hydroxylation is 3. The monoisotopic (exact) mass is 445 g/mol. The van der Waals surface area contributed by atoms with Gasteiger partial charge in [0.1, 0.15) is 0 Å². The van der Waals surface area contributed by atoms with Crippen LogP contribution in [0, 0.1) is 6.92 Å². The molecule has 0 unspecified atom stereocenters. The minimum atomic E-state index is -3.80. The van der Waals surface area contributed by atoms with Crippen LogP contribution in [0.25, 0.3) is 10.9 Å². The average molecular weight is 446 g/mol. The summed E-state index contributed by atoms with van der Waals surface area (Å²) in [6, 6.07) is 10.3. The fourth-order valence-electron chi connectivity index (χ4n) is 3.88. The van der Waals surface area contributed by atoms with Crippen molar-refractivity contribution in [3.05, 3.63) is 58.2 Å². The second-order valence-electron chi connectivity index (χ2n) is 7.77. The zero-order chi connectivity index (χ0) is 21.5. The summed E-state index contributed by atoms with van der Waals surface area (Å²) in [6.07, 6.45) is 4.21. The van der Waals surface area contributed by atoms with Crippen molar-refractivity contribution in [1.82, 2.24) is 9.29 Å². The molecule has 30 heavy (non-hydrogen) atoms. The summed E-state index contributed by atoms with van der Waals surface area (Å²) in [5.41, 5.74) is 4.80. The van der Waals surface area contributed by atoms with Gasteiger partial charge in [0.25, 0.3) is 0 Å². The molecule has 1 aliphatic rings. The van der Waals surface area contributed by atoms with E-state index < -0.39 is 15.9 Å². The van der Waals surface area contributed by atoms with Crippen molar-refractivity contribution in [3.8, 4) is 0 Å². The maximum absolute atomic E-state index is 13.1. The highest BCUT2D eigenvalue weighted by molar-refractivity contribution is 7.89. The van der Waals surface area contributed by atoms with Crippen LogP contribution in [0.4, 0.5) is 5.69 Å². The number of hydrogen-bond donors (Lipinski definition) is 2. The number of benzene rings is 2. The van der Waals surface area contributed by atoms with Gasteiger partial charge in [-0.25, -0.2) is 8.42 Å². The van der Waals surface area contributed by atoms with E-state index in [-0.39, 0.29) is 11.4 Å². The molecule has 0 saturated carbocycles. The van der Waals surface area contributed by atoms with E-state index in [0.717, 1.165) is 46.5 Å². The van der Waals surface area contributed by atoms with Gasteiger partial charge in [-0.1, -0.05) is 17.7 Å². The minimum absolute atomic E-state index is 0.191. The molecule has 158 valence electrons. The summed E-state index contributed by atoms with van der Waals surface area (Å²) in [5, 5.41) is 4.19. The number of sulfonamides is 1. The van der Waals surface area contributed by atoms with Crippen LogP contribution in [-0.4, -0.2) is 37.2 Å². The highest BCUT2D eigenvalue weighted by Crippen LogP contribution is 2.31. The quantitative estimate of drug-likeness (QED) is 0.615. The van der Waals surface area contributed by atoms with Gasteiger partial charge in [0.15, 0.2) is 0 Å². The van der Waals surface area contributed by atoms with Crippen molar-refractivity contribution in [2.75, 3.05) is 18.9 Å². The van der Waals surface area contributed by atoms with E-state index in [1.807, 2.05) is 13.0 Å². The summed E-state index contributed by atoms with van der Waals surface area (Å²) >= 11 is 6.08. The van der Waals surface area contributed by atoms with Crippen molar-refractivity contribution >= 4 is 44.1 Å². The highest BCUT2D eigenvalue weighted by Gasteiger charge is 2.25. The normalized spacial score (nSPS) is 14.1. The molecule has 1 aliphatic carbocycles. The molecule has 6 nitrogen and oxygen atoms in total. The van der Waals surface area contributed by atoms with Gasteiger partial charge in [0.2, 0.25) is 15.9 Å². The third-order valence-electron chi connectivity index (χ3n) is 5.60. The van der Waals surface area contributed by atoms with E-state index in [9.17, 15) is 13.2 Å². The van der Waals surface area contributed by atoms with Crippen LogP contribution in [0.2, 0.25) is 5.02 Å². The standard InChI is InChI=1S/C22H24ClN3O3S/c1-14-7-8-15(11-19(14)23)24-22(27)13-26(2)30(28,29)16-9-10-21-18(12-16)17-5-3-4-6-20(17)25-21/h7-12,25H,3-6,13H2,1-2H3,(H,24,27). The molecule has 0 aliphatic heterocycles. The number of likely N-dealkylation sites (N-methyl/N-ethyl adjacent to an activating group) is 1. The molecule has 2 N–H and O–H groups in total. The van der Waals surface area contributed by atoms with E-state index in [2.05, 4.69) is 10.3 Å². The molecule has 0 bridgehead atoms. The lowest BCUT2D eigenvalue weighted by Crippen LogP contribution is -2.35. The third-order valence-corrected chi connectivity index (χ3v) is 7.81. The predicted octanol–water partition coefficient (Wildman–Crippen LogP) is 4.27. The molecular formula is C22H24ClN3O3S. The van der Waals surface area contributed by atoms with Crippen LogP contribution in [0.1, 0.15) is 29.7 Å². The lowest BCUT2D eigenvalue weighted by atomic mass is 9.96. The van der Waals surface area contributed by atoms with Gasteiger partial charge in [0.05, 0.1) is 11.4 Å². The summed E-state index contributed by atoms with van der Waals surface area (Å²) in [6.45, 7) is 1.57. The Kier molecular flexibility index (Phi) is 5.61. The van der Waals surface area contributed by atoms with Gasteiger partial charge in [-0.2, -0.15) is 4.31 Å². The molecule has 8 heteroatoms. The number of carbonyl (C=O) groups is 1. The third kappa shape index (κ3) is 3.97. The molecule has 0 fully saturated rings. The molecule has 0 atom stereocenters. The molecule has 3 aromatic rings. The number of anilines is 1. The number of fused-ring (bicyclic) bond motifs is 3. The topological polar surface area (TPSA) is 82.3 Å². The summed E-state index contributed by atoms with van der Waals surface area (Å²) < 4.78 is 27.2. The van der Waals surface area contributed by atoms with Crippen LogP contribution in [0.3, 0.4) is 0 Å².